The smallest absolute Gasteiger partial charge is 0.276 e. The van der Waals surface area contributed by atoms with Crippen LogP contribution in [0.5, 0.6) is 0 Å². The number of rotatable bonds is 2. The first kappa shape index (κ1) is 15.5. The molecule has 1 aromatic heterocycles. The van der Waals surface area contributed by atoms with Crippen LogP contribution in [0, 0.1) is 0 Å². The zero-order valence-electron chi connectivity index (χ0n) is 13.2. The Morgan fingerprint density at radius 2 is 2.18 bits per heavy atom. The van der Waals surface area contributed by atoms with Gasteiger partial charge in [0, 0.05) is 31.7 Å². The Morgan fingerprint density at radius 1 is 1.45 bits per heavy atom. The van der Waals surface area contributed by atoms with Gasteiger partial charge < -0.3 is 19.3 Å². The van der Waals surface area contributed by atoms with Crippen molar-refractivity contribution in [1.82, 2.24) is 10.1 Å². The zero-order chi connectivity index (χ0) is 15.7. The number of piperidine rings is 1. The second-order valence-electron chi connectivity index (χ2n) is 6.63. The minimum atomic E-state index is -0.456. The van der Waals surface area contributed by atoms with Gasteiger partial charge in [-0.1, -0.05) is 19.0 Å². The number of carbonyl (C=O) groups is 1. The van der Waals surface area contributed by atoms with E-state index in [-0.39, 0.29) is 11.8 Å². The summed E-state index contributed by atoms with van der Waals surface area (Å²) in [6, 6.07) is 1.73. The van der Waals surface area contributed by atoms with Crippen LogP contribution in [-0.2, 0) is 4.74 Å². The lowest BCUT2D eigenvalue weighted by Gasteiger charge is -2.46. The summed E-state index contributed by atoms with van der Waals surface area (Å²) < 4.78 is 11.1. The van der Waals surface area contributed by atoms with Crippen LogP contribution in [0.3, 0.4) is 0 Å². The minimum Gasteiger partial charge on any atom is -0.390 e. The first-order valence-corrected chi connectivity index (χ1v) is 8.10. The van der Waals surface area contributed by atoms with Gasteiger partial charge in [0.05, 0.1) is 11.7 Å². The predicted molar refractivity (Wildman–Crippen MR) is 79.7 cm³/mol. The van der Waals surface area contributed by atoms with E-state index in [1.54, 1.807) is 11.0 Å². The molecule has 22 heavy (non-hydrogen) atoms. The second-order valence-corrected chi connectivity index (χ2v) is 6.63. The summed E-state index contributed by atoms with van der Waals surface area (Å²) >= 11 is 0. The first-order valence-electron chi connectivity index (χ1n) is 8.10. The number of nitrogens with zero attached hydrogens (tertiary/aromatic N) is 2. The molecule has 122 valence electrons. The van der Waals surface area contributed by atoms with E-state index in [0.717, 1.165) is 18.6 Å². The highest BCUT2D eigenvalue weighted by Crippen LogP contribution is 2.35. The fraction of sp³-hybridized carbons (Fsp3) is 0.750. The van der Waals surface area contributed by atoms with Crippen molar-refractivity contribution in [2.45, 2.75) is 57.2 Å². The van der Waals surface area contributed by atoms with E-state index in [1.165, 1.54) is 0 Å². The summed E-state index contributed by atoms with van der Waals surface area (Å²) in [5, 5.41) is 14.1. The normalized spacial score (nSPS) is 24.9. The number of carbonyl (C=O) groups excluding carboxylic acids is 1. The molecule has 6 heteroatoms. The highest BCUT2D eigenvalue weighted by Gasteiger charge is 2.44. The topological polar surface area (TPSA) is 75.8 Å². The Morgan fingerprint density at radius 3 is 2.77 bits per heavy atom. The summed E-state index contributed by atoms with van der Waals surface area (Å²) in [5.74, 6) is 0.836. The molecule has 1 N–H and O–H groups in total. The largest absolute Gasteiger partial charge is 0.390 e. The van der Waals surface area contributed by atoms with Gasteiger partial charge in [0.25, 0.3) is 5.91 Å². The molecular weight excluding hydrogens is 284 g/mol. The molecule has 6 nitrogen and oxygen atoms in total. The summed E-state index contributed by atoms with van der Waals surface area (Å²) in [4.78, 5) is 14.3. The van der Waals surface area contributed by atoms with Crippen LogP contribution in [0.25, 0.3) is 0 Å². The van der Waals surface area contributed by atoms with Gasteiger partial charge in [-0.15, -0.1) is 0 Å². The van der Waals surface area contributed by atoms with E-state index < -0.39 is 11.7 Å². The van der Waals surface area contributed by atoms with Gasteiger partial charge in [-0.05, 0) is 25.7 Å². The van der Waals surface area contributed by atoms with Crippen molar-refractivity contribution in [3.8, 4) is 0 Å². The molecule has 0 radical (unpaired) electrons. The maximum absolute atomic E-state index is 12.5. The summed E-state index contributed by atoms with van der Waals surface area (Å²) in [6.07, 6.45) is 2.62. The Bertz CT molecular complexity index is 532. The average molecular weight is 308 g/mol. The van der Waals surface area contributed by atoms with Crippen molar-refractivity contribution in [3.05, 3.63) is 17.5 Å². The molecule has 0 saturated carbocycles. The molecule has 1 aromatic rings. The van der Waals surface area contributed by atoms with Gasteiger partial charge in [0.15, 0.2) is 5.69 Å². The maximum atomic E-state index is 12.5. The Kier molecular flexibility index (Phi) is 4.23. The van der Waals surface area contributed by atoms with Crippen LogP contribution in [0.15, 0.2) is 10.6 Å². The highest BCUT2D eigenvalue weighted by molar-refractivity contribution is 5.92. The molecule has 3 rings (SSSR count). The van der Waals surface area contributed by atoms with Crippen LogP contribution in [0.2, 0.25) is 0 Å². The molecule has 1 amide bonds. The van der Waals surface area contributed by atoms with Crippen molar-refractivity contribution < 1.29 is 19.2 Å². The summed E-state index contributed by atoms with van der Waals surface area (Å²) in [6.45, 7) is 5.87. The molecule has 1 atom stereocenters. The number of hydrogen-bond acceptors (Lipinski definition) is 5. The molecule has 0 aliphatic carbocycles. The number of likely N-dealkylation sites (tertiary alicyclic amines) is 1. The van der Waals surface area contributed by atoms with E-state index >= 15 is 0 Å². The van der Waals surface area contributed by atoms with E-state index in [1.807, 2.05) is 13.8 Å². The summed E-state index contributed by atoms with van der Waals surface area (Å²) in [7, 11) is 0. The van der Waals surface area contributed by atoms with Crippen LogP contribution in [-0.4, -0.2) is 52.5 Å². The van der Waals surface area contributed by atoms with Crippen LogP contribution in [0.4, 0.5) is 0 Å². The summed E-state index contributed by atoms with van der Waals surface area (Å²) in [5.41, 5.74) is -0.0909. The van der Waals surface area contributed by atoms with Crippen LogP contribution >= 0.6 is 0 Å². The maximum Gasteiger partial charge on any atom is 0.276 e. The molecule has 3 heterocycles. The quantitative estimate of drug-likeness (QED) is 0.903. The highest BCUT2D eigenvalue weighted by atomic mass is 16.5. The van der Waals surface area contributed by atoms with Gasteiger partial charge in [-0.2, -0.15) is 0 Å². The molecule has 1 spiro atoms. The molecule has 0 bridgehead atoms. The first-order chi connectivity index (χ1) is 10.5. The molecular formula is C16H24N2O4. The molecule has 2 aliphatic rings. The average Bonchev–Trinajstić information content (AvgIpc) is 3.01. The second kappa shape index (κ2) is 6.01. The van der Waals surface area contributed by atoms with Gasteiger partial charge in [0.1, 0.15) is 5.76 Å². The van der Waals surface area contributed by atoms with Crippen molar-refractivity contribution in [2.75, 3.05) is 19.7 Å². The van der Waals surface area contributed by atoms with E-state index in [0.29, 0.717) is 38.2 Å². The number of hydrogen-bond donors (Lipinski definition) is 1. The number of ether oxygens (including phenoxy) is 1. The number of aliphatic hydroxyl groups is 1. The third-order valence-corrected chi connectivity index (χ3v) is 4.83. The Labute approximate surface area is 130 Å². The molecule has 2 fully saturated rings. The molecule has 1 unspecified atom stereocenters. The van der Waals surface area contributed by atoms with Gasteiger partial charge in [-0.25, -0.2) is 0 Å². The van der Waals surface area contributed by atoms with Gasteiger partial charge >= 0.3 is 0 Å². The third-order valence-electron chi connectivity index (χ3n) is 4.83. The minimum absolute atomic E-state index is 0.101. The van der Waals surface area contributed by atoms with Crippen molar-refractivity contribution in [2.24, 2.45) is 0 Å². The lowest BCUT2D eigenvalue weighted by Crippen LogP contribution is -2.56. The monoisotopic (exact) mass is 308 g/mol. The number of amides is 1. The van der Waals surface area contributed by atoms with Crippen LogP contribution in [0.1, 0.15) is 61.7 Å². The SMILES string of the molecule is CC(C)c1cc(C(=O)N2CCC3(CC2)OCCCC3O)no1. The zero-order valence-corrected chi connectivity index (χ0v) is 13.2. The Balaban J connectivity index is 1.64. The van der Waals surface area contributed by atoms with Crippen molar-refractivity contribution in [1.29, 1.82) is 0 Å². The fourth-order valence-corrected chi connectivity index (χ4v) is 3.30. The van der Waals surface area contributed by atoms with Crippen LogP contribution < -0.4 is 0 Å². The third kappa shape index (κ3) is 2.77. The fourth-order valence-electron chi connectivity index (χ4n) is 3.30. The lowest BCUT2D eigenvalue weighted by atomic mass is 9.82. The van der Waals surface area contributed by atoms with E-state index in [4.69, 9.17) is 9.26 Å². The van der Waals surface area contributed by atoms with Crippen molar-refractivity contribution in [3.63, 3.8) is 0 Å². The van der Waals surface area contributed by atoms with Gasteiger partial charge in [-0.3, -0.25) is 4.79 Å². The van der Waals surface area contributed by atoms with Gasteiger partial charge in [0.2, 0.25) is 0 Å². The molecule has 2 aliphatic heterocycles. The van der Waals surface area contributed by atoms with E-state index in [2.05, 4.69) is 5.16 Å². The standard InChI is InChI=1S/C16H24N2O4/c1-11(2)13-10-12(17-22-13)15(20)18-7-5-16(6-8-18)14(19)4-3-9-21-16/h10-11,14,19H,3-9H2,1-2H3. The molecule has 0 aromatic carbocycles. The number of aliphatic hydroxyl groups excluding tert-OH is 1. The number of aromatic nitrogens is 1. The predicted octanol–water partition coefficient (Wildman–Crippen LogP) is 1.94. The van der Waals surface area contributed by atoms with Crippen molar-refractivity contribution >= 4 is 5.91 Å². The lowest BCUT2D eigenvalue weighted by molar-refractivity contribution is -0.174. The van der Waals surface area contributed by atoms with E-state index in [9.17, 15) is 9.90 Å². The Hall–Kier alpha value is -1.40. The molecule has 2 saturated heterocycles.